The molecule has 0 aliphatic heterocycles. The second kappa shape index (κ2) is 11.0. The van der Waals surface area contributed by atoms with Crippen molar-refractivity contribution in [3.8, 4) is 5.75 Å². The lowest BCUT2D eigenvalue weighted by atomic mass is 10.1. The number of aromatic nitrogens is 1. The first-order valence-corrected chi connectivity index (χ1v) is 12.2. The molecular formula is C27H24Cl2FN3O3. The molecule has 1 heterocycles. The van der Waals surface area contributed by atoms with E-state index >= 15 is 0 Å². The van der Waals surface area contributed by atoms with Crippen LogP contribution < -0.4 is 10.1 Å². The Bertz CT molecular complexity index is 1420. The lowest BCUT2D eigenvalue weighted by molar-refractivity contribution is 0.102. The quantitative estimate of drug-likeness (QED) is 0.275. The van der Waals surface area contributed by atoms with Crippen LogP contribution in [0.1, 0.15) is 29.8 Å². The van der Waals surface area contributed by atoms with Crippen molar-refractivity contribution in [3.63, 3.8) is 0 Å². The number of rotatable bonds is 7. The van der Waals surface area contributed by atoms with Gasteiger partial charge in [-0.1, -0.05) is 35.3 Å². The van der Waals surface area contributed by atoms with Gasteiger partial charge in [-0.15, -0.1) is 0 Å². The highest BCUT2D eigenvalue weighted by atomic mass is 35.5. The predicted molar refractivity (Wildman–Crippen MR) is 141 cm³/mol. The van der Waals surface area contributed by atoms with Crippen LogP contribution in [-0.2, 0) is 6.54 Å². The molecule has 4 rings (SSSR count). The minimum atomic E-state index is -0.627. The van der Waals surface area contributed by atoms with Crippen LogP contribution >= 0.6 is 23.2 Å². The van der Waals surface area contributed by atoms with E-state index in [1.807, 2.05) is 61.0 Å². The molecule has 4 aromatic rings. The largest absolute Gasteiger partial charge is 0.415 e. The third-order valence-corrected chi connectivity index (χ3v) is 6.39. The number of carbonyl (C=O) groups is 2. The Morgan fingerprint density at radius 2 is 1.72 bits per heavy atom. The van der Waals surface area contributed by atoms with E-state index in [2.05, 4.69) is 5.32 Å². The summed E-state index contributed by atoms with van der Waals surface area (Å²) >= 11 is 12.2. The van der Waals surface area contributed by atoms with Crippen molar-refractivity contribution in [1.29, 1.82) is 0 Å². The van der Waals surface area contributed by atoms with Gasteiger partial charge in [-0.3, -0.25) is 4.79 Å². The number of benzene rings is 3. The molecule has 3 aromatic carbocycles. The molecular weight excluding hydrogens is 504 g/mol. The second-order valence-electron chi connectivity index (χ2n) is 8.06. The van der Waals surface area contributed by atoms with Gasteiger partial charge in [0.25, 0.3) is 5.91 Å². The van der Waals surface area contributed by atoms with Crippen LogP contribution in [0.3, 0.4) is 0 Å². The van der Waals surface area contributed by atoms with Gasteiger partial charge in [0.15, 0.2) is 5.75 Å². The molecule has 0 saturated carbocycles. The number of nitrogens with zero attached hydrogens (tertiary/aromatic N) is 2. The summed E-state index contributed by atoms with van der Waals surface area (Å²) < 4.78 is 21.5. The molecule has 9 heteroatoms. The van der Waals surface area contributed by atoms with E-state index in [-0.39, 0.29) is 22.0 Å². The molecule has 36 heavy (non-hydrogen) atoms. The number of fused-ring (bicyclic) bond motifs is 1. The van der Waals surface area contributed by atoms with E-state index in [0.717, 1.165) is 17.1 Å². The summed E-state index contributed by atoms with van der Waals surface area (Å²) in [6.07, 6.45) is 1.33. The summed E-state index contributed by atoms with van der Waals surface area (Å²) in [6, 6.07) is 16.3. The normalized spacial score (nSPS) is 10.9. The van der Waals surface area contributed by atoms with Crippen molar-refractivity contribution in [3.05, 3.63) is 93.8 Å². The van der Waals surface area contributed by atoms with Gasteiger partial charge < -0.3 is 19.5 Å². The Kier molecular flexibility index (Phi) is 7.82. The van der Waals surface area contributed by atoms with Gasteiger partial charge in [0.2, 0.25) is 0 Å². The summed E-state index contributed by atoms with van der Waals surface area (Å²) in [7, 11) is 0. The second-order valence-corrected chi connectivity index (χ2v) is 8.90. The van der Waals surface area contributed by atoms with Gasteiger partial charge in [-0.25, -0.2) is 9.18 Å². The maximum absolute atomic E-state index is 13.8. The van der Waals surface area contributed by atoms with Crippen molar-refractivity contribution >= 4 is 51.8 Å². The third-order valence-electron chi connectivity index (χ3n) is 5.81. The van der Waals surface area contributed by atoms with Gasteiger partial charge >= 0.3 is 6.09 Å². The predicted octanol–water partition coefficient (Wildman–Crippen LogP) is 7.23. The first kappa shape index (κ1) is 25.5. The van der Waals surface area contributed by atoms with E-state index in [1.54, 1.807) is 6.07 Å². The van der Waals surface area contributed by atoms with Crippen LogP contribution in [0.15, 0.2) is 66.9 Å². The minimum absolute atomic E-state index is 0.0321. The lowest BCUT2D eigenvalue weighted by Gasteiger charge is -2.20. The smallest absolute Gasteiger partial charge is 0.408 e. The molecule has 1 N–H and O–H groups in total. The Labute approximate surface area is 218 Å². The monoisotopic (exact) mass is 527 g/mol. The van der Waals surface area contributed by atoms with Gasteiger partial charge in [-0.2, -0.15) is 0 Å². The maximum Gasteiger partial charge on any atom is 0.415 e. The molecule has 0 aliphatic rings. The van der Waals surface area contributed by atoms with Crippen molar-refractivity contribution in [2.75, 3.05) is 18.4 Å². The fourth-order valence-corrected chi connectivity index (χ4v) is 4.21. The van der Waals surface area contributed by atoms with Crippen LogP contribution in [0, 0.1) is 5.82 Å². The lowest BCUT2D eigenvalue weighted by Crippen LogP contribution is -2.33. The molecule has 0 atom stereocenters. The van der Waals surface area contributed by atoms with Crippen molar-refractivity contribution in [1.82, 2.24) is 9.47 Å². The highest BCUT2D eigenvalue weighted by Crippen LogP contribution is 2.36. The van der Waals surface area contributed by atoms with Gasteiger partial charge in [0, 0.05) is 36.2 Å². The number of hydrogen-bond donors (Lipinski definition) is 1. The third kappa shape index (κ3) is 5.48. The number of hydrogen-bond acceptors (Lipinski definition) is 3. The highest BCUT2D eigenvalue weighted by Gasteiger charge is 2.21. The van der Waals surface area contributed by atoms with Crippen LogP contribution in [0.4, 0.5) is 14.9 Å². The fraction of sp³-hybridized carbons (Fsp3) is 0.185. The molecule has 2 amide bonds. The van der Waals surface area contributed by atoms with Gasteiger partial charge in [0.05, 0.1) is 21.8 Å². The molecule has 0 unspecified atom stereocenters. The molecule has 0 radical (unpaired) electrons. The maximum atomic E-state index is 13.8. The Morgan fingerprint density at radius 1 is 1.00 bits per heavy atom. The van der Waals surface area contributed by atoms with Crippen molar-refractivity contribution in [2.45, 2.75) is 20.4 Å². The van der Waals surface area contributed by atoms with Crippen molar-refractivity contribution < 1.29 is 18.7 Å². The molecule has 0 aliphatic carbocycles. The molecule has 6 nitrogen and oxygen atoms in total. The molecule has 1 aromatic heterocycles. The zero-order valence-corrected chi connectivity index (χ0v) is 21.2. The zero-order valence-electron chi connectivity index (χ0n) is 19.7. The van der Waals surface area contributed by atoms with Gasteiger partial charge in [0.1, 0.15) is 5.82 Å². The van der Waals surface area contributed by atoms with E-state index in [4.69, 9.17) is 27.9 Å². The van der Waals surface area contributed by atoms with E-state index in [9.17, 15) is 14.0 Å². The highest BCUT2D eigenvalue weighted by molar-refractivity contribution is 6.34. The van der Waals surface area contributed by atoms with Crippen LogP contribution in [0.25, 0.3) is 10.9 Å². The molecule has 0 fully saturated rings. The summed E-state index contributed by atoms with van der Waals surface area (Å²) in [5.41, 5.74) is 2.09. The number of anilines is 1. The standard InChI is InChI=1S/C27H24Cl2FN3O3/c1-3-32(4-2)27(35)36-24-12-11-23-20(13-14-33(23)16-17-5-7-18(28)8-6-17)25(24)31-26(34)21-15-19(30)9-10-22(21)29/h5-15H,3-4,16H2,1-2H3,(H,31,34). The number of amides is 2. The Hall–Kier alpha value is -3.55. The summed E-state index contributed by atoms with van der Waals surface area (Å²) in [5, 5.41) is 4.18. The van der Waals surface area contributed by atoms with Crippen LogP contribution in [0.2, 0.25) is 10.0 Å². The topological polar surface area (TPSA) is 63.6 Å². The number of halogens is 3. The average molecular weight is 528 g/mol. The molecule has 0 spiro atoms. The number of nitrogens with one attached hydrogen (secondary N) is 1. The fourth-order valence-electron chi connectivity index (χ4n) is 3.88. The molecule has 0 bridgehead atoms. The molecule has 186 valence electrons. The van der Waals surface area contributed by atoms with E-state index in [0.29, 0.717) is 30.0 Å². The Balaban J connectivity index is 1.75. The first-order valence-electron chi connectivity index (χ1n) is 11.4. The average Bonchev–Trinajstić information content (AvgIpc) is 3.27. The number of carbonyl (C=O) groups excluding carboxylic acids is 2. The molecule has 0 saturated heterocycles. The first-order chi connectivity index (χ1) is 17.3. The summed E-state index contributed by atoms with van der Waals surface area (Å²) in [5.74, 6) is -1.05. The van der Waals surface area contributed by atoms with Gasteiger partial charge in [-0.05, 0) is 67.9 Å². The summed E-state index contributed by atoms with van der Waals surface area (Å²) in [6.45, 7) is 5.19. The number of ether oxygens (including phenoxy) is 1. The van der Waals surface area contributed by atoms with Crippen LogP contribution in [-0.4, -0.2) is 34.6 Å². The van der Waals surface area contributed by atoms with Crippen LogP contribution in [0.5, 0.6) is 5.75 Å². The zero-order chi connectivity index (χ0) is 25.8. The summed E-state index contributed by atoms with van der Waals surface area (Å²) in [4.78, 5) is 27.3. The SMILES string of the molecule is CCN(CC)C(=O)Oc1ccc2c(ccn2Cc2ccc(Cl)cc2)c1NC(=O)c1cc(F)ccc1Cl. The van der Waals surface area contributed by atoms with E-state index in [1.165, 1.54) is 17.0 Å². The van der Waals surface area contributed by atoms with E-state index < -0.39 is 17.8 Å². The van der Waals surface area contributed by atoms with Crippen molar-refractivity contribution in [2.24, 2.45) is 0 Å². The Morgan fingerprint density at radius 3 is 2.42 bits per heavy atom. The minimum Gasteiger partial charge on any atom is -0.408 e.